The van der Waals surface area contributed by atoms with Gasteiger partial charge in [0.2, 0.25) is 5.91 Å². The summed E-state index contributed by atoms with van der Waals surface area (Å²) in [7, 11) is 0. The number of carbonyl (C=O) groups is 3. The Hall–Kier alpha value is -2.86. The van der Waals surface area contributed by atoms with E-state index in [0.29, 0.717) is 30.3 Å². The maximum Gasteiger partial charge on any atom is 0.312 e. The van der Waals surface area contributed by atoms with Gasteiger partial charge in [0, 0.05) is 30.3 Å². The molecule has 28 heavy (non-hydrogen) atoms. The molecule has 0 aromatic heterocycles. The summed E-state index contributed by atoms with van der Waals surface area (Å²) in [5.41, 5.74) is 3.53. The first-order valence-corrected chi connectivity index (χ1v) is 9.41. The van der Waals surface area contributed by atoms with E-state index in [9.17, 15) is 14.4 Å². The lowest BCUT2D eigenvalue weighted by atomic mass is 10.1. The molecule has 0 radical (unpaired) electrons. The van der Waals surface area contributed by atoms with Gasteiger partial charge in [-0.1, -0.05) is 47.5 Å². The largest absolute Gasteiger partial charge is 0.328 e. The van der Waals surface area contributed by atoms with E-state index in [2.05, 4.69) is 5.32 Å². The predicted molar refractivity (Wildman–Crippen MR) is 108 cm³/mol. The van der Waals surface area contributed by atoms with Crippen molar-refractivity contribution in [3.8, 4) is 0 Å². The van der Waals surface area contributed by atoms with Gasteiger partial charge in [-0.3, -0.25) is 14.4 Å². The molecule has 6 nitrogen and oxygen atoms in total. The number of nitrogens with one attached hydrogen (secondary N) is 1. The van der Waals surface area contributed by atoms with Crippen LogP contribution in [0.1, 0.15) is 16.7 Å². The van der Waals surface area contributed by atoms with Crippen LogP contribution in [0.15, 0.2) is 42.5 Å². The molecule has 0 saturated carbocycles. The van der Waals surface area contributed by atoms with Crippen LogP contribution in [-0.2, 0) is 20.9 Å². The molecule has 2 aromatic rings. The van der Waals surface area contributed by atoms with Gasteiger partial charge in [-0.05, 0) is 37.1 Å². The number of rotatable bonds is 5. The Kier molecular flexibility index (Phi) is 5.99. The Balaban J connectivity index is 1.59. The van der Waals surface area contributed by atoms with Crippen molar-refractivity contribution >= 4 is 35.0 Å². The highest BCUT2D eigenvalue weighted by Crippen LogP contribution is 2.20. The van der Waals surface area contributed by atoms with Gasteiger partial charge in [-0.25, -0.2) is 0 Å². The molecule has 0 aliphatic carbocycles. The molecule has 1 heterocycles. The molecule has 0 unspecified atom stereocenters. The molecule has 1 fully saturated rings. The number of benzene rings is 2. The molecule has 1 saturated heterocycles. The van der Waals surface area contributed by atoms with Crippen LogP contribution < -0.4 is 5.32 Å². The lowest BCUT2D eigenvalue weighted by Crippen LogP contribution is -2.55. The summed E-state index contributed by atoms with van der Waals surface area (Å²) < 4.78 is 0. The molecule has 1 N–H and O–H groups in total. The van der Waals surface area contributed by atoms with E-state index in [4.69, 9.17) is 11.6 Å². The summed E-state index contributed by atoms with van der Waals surface area (Å²) in [6.45, 7) is 4.75. The van der Waals surface area contributed by atoms with Crippen molar-refractivity contribution in [3.05, 3.63) is 64.2 Å². The minimum Gasteiger partial charge on any atom is -0.328 e. The summed E-state index contributed by atoms with van der Waals surface area (Å²) in [6.07, 6.45) is 0. The maximum absolute atomic E-state index is 12.4. The molecule has 0 bridgehead atoms. The number of anilines is 1. The van der Waals surface area contributed by atoms with Crippen LogP contribution in [0.25, 0.3) is 0 Å². The average molecular weight is 400 g/mol. The SMILES string of the molecule is Cc1cccc(CN2CCN(CC(=O)Nc3cc(Cl)ccc3C)C(=O)C2=O)c1. The number of carbonyl (C=O) groups excluding carboxylic acids is 3. The third-order valence-electron chi connectivity index (χ3n) is 4.66. The third-order valence-corrected chi connectivity index (χ3v) is 4.90. The highest BCUT2D eigenvalue weighted by Gasteiger charge is 2.33. The maximum atomic E-state index is 12.4. The minimum absolute atomic E-state index is 0.172. The van der Waals surface area contributed by atoms with E-state index in [1.807, 2.05) is 38.1 Å². The van der Waals surface area contributed by atoms with E-state index < -0.39 is 11.8 Å². The number of aryl methyl sites for hydroxylation is 2. The smallest absolute Gasteiger partial charge is 0.312 e. The Morgan fingerprint density at radius 1 is 1.04 bits per heavy atom. The molecule has 1 aliphatic rings. The number of nitrogens with zero attached hydrogens (tertiary/aromatic N) is 2. The van der Waals surface area contributed by atoms with Crippen LogP contribution in [0.5, 0.6) is 0 Å². The van der Waals surface area contributed by atoms with Gasteiger partial charge in [0.1, 0.15) is 6.54 Å². The molecule has 2 aromatic carbocycles. The molecule has 3 rings (SSSR count). The van der Waals surface area contributed by atoms with Crippen molar-refractivity contribution in [3.63, 3.8) is 0 Å². The fraction of sp³-hybridized carbons (Fsp3) is 0.286. The summed E-state index contributed by atoms with van der Waals surface area (Å²) >= 11 is 5.96. The molecular formula is C21H22ClN3O3. The Bertz CT molecular complexity index is 929. The molecule has 0 spiro atoms. The quantitative estimate of drug-likeness (QED) is 0.786. The summed E-state index contributed by atoms with van der Waals surface area (Å²) in [5, 5.41) is 3.26. The fourth-order valence-electron chi connectivity index (χ4n) is 3.14. The monoisotopic (exact) mass is 399 g/mol. The number of piperazine rings is 1. The number of amides is 3. The second kappa shape index (κ2) is 8.44. The molecule has 3 amide bonds. The van der Waals surface area contributed by atoms with Crippen LogP contribution in [0, 0.1) is 13.8 Å². The average Bonchev–Trinajstić information content (AvgIpc) is 2.64. The van der Waals surface area contributed by atoms with Crippen LogP contribution in [0.4, 0.5) is 5.69 Å². The summed E-state index contributed by atoms with van der Waals surface area (Å²) in [5.74, 6) is -1.60. The first-order chi connectivity index (χ1) is 13.3. The van der Waals surface area contributed by atoms with Crippen LogP contribution in [-0.4, -0.2) is 47.2 Å². The number of hydrogen-bond donors (Lipinski definition) is 1. The highest BCUT2D eigenvalue weighted by atomic mass is 35.5. The lowest BCUT2D eigenvalue weighted by molar-refractivity contribution is -0.157. The predicted octanol–water partition coefficient (Wildman–Crippen LogP) is 2.77. The van der Waals surface area contributed by atoms with E-state index in [1.165, 1.54) is 9.80 Å². The van der Waals surface area contributed by atoms with Gasteiger partial charge in [0.05, 0.1) is 0 Å². The van der Waals surface area contributed by atoms with Crippen LogP contribution >= 0.6 is 11.6 Å². The normalized spacial score (nSPS) is 14.4. The second-order valence-corrected chi connectivity index (χ2v) is 7.39. The number of halogens is 1. The van der Waals surface area contributed by atoms with Gasteiger partial charge in [-0.15, -0.1) is 0 Å². The third kappa shape index (κ3) is 4.70. The van der Waals surface area contributed by atoms with Crippen LogP contribution in [0.3, 0.4) is 0 Å². The Labute approximate surface area is 169 Å². The zero-order valence-corrected chi connectivity index (χ0v) is 16.6. The minimum atomic E-state index is -0.656. The Morgan fingerprint density at radius 2 is 1.75 bits per heavy atom. The molecule has 7 heteroatoms. The number of hydrogen-bond acceptors (Lipinski definition) is 3. The van der Waals surface area contributed by atoms with E-state index >= 15 is 0 Å². The van der Waals surface area contributed by atoms with Crippen molar-refractivity contribution in [1.82, 2.24) is 9.80 Å². The second-order valence-electron chi connectivity index (χ2n) is 6.95. The van der Waals surface area contributed by atoms with Crippen molar-refractivity contribution in [1.29, 1.82) is 0 Å². The zero-order chi connectivity index (χ0) is 20.3. The van der Waals surface area contributed by atoms with Gasteiger partial charge >= 0.3 is 11.8 Å². The standard InChI is InChI=1S/C21H22ClN3O3/c1-14-4-3-5-16(10-14)12-24-8-9-25(21(28)20(24)27)13-19(26)23-18-11-17(22)7-6-15(18)2/h3-7,10-11H,8-9,12-13H2,1-2H3,(H,23,26). The van der Waals surface area contributed by atoms with Gasteiger partial charge in [-0.2, -0.15) is 0 Å². The van der Waals surface area contributed by atoms with Crippen molar-refractivity contribution in [2.75, 3.05) is 25.0 Å². The zero-order valence-electron chi connectivity index (χ0n) is 15.9. The van der Waals surface area contributed by atoms with Crippen molar-refractivity contribution < 1.29 is 14.4 Å². The highest BCUT2D eigenvalue weighted by molar-refractivity contribution is 6.35. The lowest BCUT2D eigenvalue weighted by Gasteiger charge is -2.33. The summed E-state index contributed by atoms with van der Waals surface area (Å²) in [6, 6.07) is 13.0. The van der Waals surface area contributed by atoms with E-state index in [1.54, 1.807) is 18.2 Å². The first kappa shape index (κ1) is 19.9. The first-order valence-electron chi connectivity index (χ1n) is 9.03. The van der Waals surface area contributed by atoms with Gasteiger partial charge < -0.3 is 15.1 Å². The topological polar surface area (TPSA) is 69.7 Å². The molecule has 1 aliphatic heterocycles. The fourth-order valence-corrected chi connectivity index (χ4v) is 3.31. The van der Waals surface area contributed by atoms with Crippen molar-refractivity contribution in [2.24, 2.45) is 0 Å². The summed E-state index contributed by atoms with van der Waals surface area (Å²) in [4.78, 5) is 40.0. The van der Waals surface area contributed by atoms with E-state index in [-0.39, 0.29) is 12.5 Å². The van der Waals surface area contributed by atoms with Gasteiger partial charge in [0.15, 0.2) is 0 Å². The van der Waals surface area contributed by atoms with Crippen molar-refractivity contribution in [2.45, 2.75) is 20.4 Å². The van der Waals surface area contributed by atoms with Gasteiger partial charge in [0.25, 0.3) is 0 Å². The van der Waals surface area contributed by atoms with E-state index in [0.717, 1.165) is 16.7 Å². The molecule has 0 atom stereocenters. The van der Waals surface area contributed by atoms with Crippen LogP contribution in [0.2, 0.25) is 5.02 Å². The molecular weight excluding hydrogens is 378 g/mol. The molecule has 146 valence electrons. The Morgan fingerprint density at radius 3 is 2.50 bits per heavy atom.